The molecule has 0 N–H and O–H groups in total. The van der Waals surface area contributed by atoms with Gasteiger partial charge < -0.3 is 19.1 Å². The molecule has 144 valence electrons. The van der Waals surface area contributed by atoms with Gasteiger partial charge in [-0.25, -0.2) is 4.98 Å². The van der Waals surface area contributed by atoms with Crippen LogP contribution >= 0.6 is 0 Å². The van der Waals surface area contributed by atoms with Crippen molar-refractivity contribution in [2.45, 2.75) is 43.6 Å². The van der Waals surface area contributed by atoms with Crippen molar-refractivity contribution in [2.75, 3.05) is 20.5 Å². The maximum absolute atomic E-state index is 12.6. The van der Waals surface area contributed by atoms with Crippen LogP contribution in [0.5, 0.6) is 5.88 Å². The molecule has 3 heterocycles. The molecule has 1 amide bonds. The van der Waals surface area contributed by atoms with E-state index in [0.717, 1.165) is 31.5 Å². The Balaban J connectivity index is 1.66. The summed E-state index contributed by atoms with van der Waals surface area (Å²) in [7, 11) is 1.53. The van der Waals surface area contributed by atoms with Crippen LogP contribution in [0.25, 0.3) is 0 Å². The summed E-state index contributed by atoms with van der Waals surface area (Å²) in [6.07, 6.45) is -0.714. The van der Waals surface area contributed by atoms with Crippen molar-refractivity contribution in [3.63, 3.8) is 0 Å². The quantitative estimate of drug-likeness (QED) is 0.417. The standard InChI is InChI=1S/C17H21F3N2O4/c1-24-10-25-8-14-11-2-4-13(22(14)9-23)15(6-11)26-16-5-3-12(7-21-16)17(18,19)20/h3,5,7,9,11,13-15H,2,4,6,8,10H2,1H3/t11-,13+,14-,15-/m1/s1. The van der Waals surface area contributed by atoms with Gasteiger partial charge in [0.25, 0.3) is 0 Å². The van der Waals surface area contributed by atoms with Gasteiger partial charge in [0.15, 0.2) is 0 Å². The van der Waals surface area contributed by atoms with Gasteiger partial charge in [0.1, 0.15) is 12.9 Å². The van der Waals surface area contributed by atoms with Crippen molar-refractivity contribution >= 4 is 6.41 Å². The largest absolute Gasteiger partial charge is 0.472 e. The Morgan fingerprint density at radius 2 is 2.15 bits per heavy atom. The van der Waals surface area contributed by atoms with Gasteiger partial charge in [-0.3, -0.25) is 4.79 Å². The number of rotatable bonds is 7. The number of fused-ring (bicyclic) bond motifs is 3. The number of carbonyl (C=O) groups is 1. The van der Waals surface area contributed by atoms with Crippen LogP contribution in [0.3, 0.4) is 0 Å². The Morgan fingerprint density at radius 3 is 2.77 bits per heavy atom. The minimum atomic E-state index is -4.43. The van der Waals surface area contributed by atoms with E-state index in [1.807, 2.05) is 0 Å². The number of pyridine rings is 1. The summed E-state index contributed by atoms with van der Waals surface area (Å²) in [5, 5.41) is 0. The van der Waals surface area contributed by atoms with Crippen LogP contribution in [0, 0.1) is 5.92 Å². The lowest BCUT2D eigenvalue weighted by Gasteiger charge is -2.52. The van der Waals surface area contributed by atoms with Gasteiger partial charge in [0, 0.05) is 19.4 Å². The SMILES string of the molecule is COCOC[C@@H]1[C@@H]2CC[C@@H]([C@H](Oc3ccc(C(F)(F)F)cn3)C2)N1C=O. The molecule has 0 radical (unpaired) electrons. The Morgan fingerprint density at radius 1 is 1.35 bits per heavy atom. The third-order valence-electron chi connectivity index (χ3n) is 5.05. The average Bonchev–Trinajstić information content (AvgIpc) is 2.62. The van der Waals surface area contributed by atoms with Crippen LogP contribution in [0.4, 0.5) is 13.2 Å². The van der Waals surface area contributed by atoms with Crippen LogP contribution in [0.15, 0.2) is 18.3 Å². The summed E-state index contributed by atoms with van der Waals surface area (Å²) < 4.78 is 54.0. The Hall–Kier alpha value is -1.87. The van der Waals surface area contributed by atoms with E-state index in [1.165, 1.54) is 13.2 Å². The van der Waals surface area contributed by atoms with Crippen molar-refractivity contribution in [3.05, 3.63) is 23.9 Å². The fraction of sp³-hybridized carbons (Fsp3) is 0.647. The smallest absolute Gasteiger partial charge is 0.417 e. The first kappa shape index (κ1) is 18.9. The molecule has 1 saturated carbocycles. The molecule has 4 rings (SSSR count). The van der Waals surface area contributed by atoms with Gasteiger partial charge >= 0.3 is 6.18 Å². The normalized spacial score (nSPS) is 28.2. The number of amides is 1. The number of alkyl halides is 3. The second kappa shape index (κ2) is 7.79. The lowest BCUT2D eigenvalue weighted by Crippen LogP contribution is -2.63. The topological polar surface area (TPSA) is 60.9 Å². The monoisotopic (exact) mass is 374 g/mol. The number of methoxy groups -OCH3 is 1. The van der Waals surface area contributed by atoms with Gasteiger partial charge in [0.05, 0.1) is 24.3 Å². The van der Waals surface area contributed by atoms with Crippen molar-refractivity contribution in [2.24, 2.45) is 5.92 Å². The first-order valence-corrected chi connectivity index (χ1v) is 8.43. The first-order chi connectivity index (χ1) is 12.4. The lowest BCUT2D eigenvalue weighted by atomic mass is 9.73. The zero-order valence-electron chi connectivity index (χ0n) is 14.3. The number of carbonyl (C=O) groups excluding carboxylic acids is 1. The van der Waals surface area contributed by atoms with E-state index < -0.39 is 11.7 Å². The molecule has 1 aromatic rings. The molecule has 3 aliphatic rings. The maximum Gasteiger partial charge on any atom is 0.417 e. The zero-order chi connectivity index (χ0) is 18.7. The summed E-state index contributed by atoms with van der Waals surface area (Å²) in [6, 6.07) is 1.98. The molecular formula is C17H21F3N2O4. The third kappa shape index (κ3) is 3.93. The van der Waals surface area contributed by atoms with E-state index >= 15 is 0 Å². The van der Waals surface area contributed by atoms with Gasteiger partial charge in [-0.1, -0.05) is 0 Å². The molecule has 26 heavy (non-hydrogen) atoms. The van der Waals surface area contributed by atoms with Crippen molar-refractivity contribution in [3.8, 4) is 5.88 Å². The molecule has 6 nitrogen and oxygen atoms in total. The highest BCUT2D eigenvalue weighted by Gasteiger charge is 2.48. The number of nitrogens with zero attached hydrogens (tertiary/aromatic N) is 2. The van der Waals surface area contributed by atoms with Gasteiger partial charge in [-0.2, -0.15) is 13.2 Å². The molecular weight excluding hydrogens is 353 g/mol. The zero-order valence-corrected chi connectivity index (χ0v) is 14.3. The van der Waals surface area contributed by atoms with E-state index in [4.69, 9.17) is 14.2 Å². The predicted molar refractivity (Wildman–Crippen MR) is 84.3 cm³/mol. The average molecular weight is 374 g/mol. The first-order valence-electron chi connectivity index (χ1n) is 8.43. The Bertz CT molecular complexity index is 611. The van der Waals surface area contributed by atoms with Crippen molar-refractivity contribution in [1.82, 2.24) is 9.88 Å². The summed E-state index contributed by atoms with van der Waals surface area (Å²) in [5.74, 6) is 0.343. The lowest BCUT2D eigenvalue weighted by molar-refractivity contribution is -0.149. The molecule has 0 unspecified atom stereocenters. The molecule has 0 spiro atoms. The molecule has 1 aliphatic carbocycles. The fourth-order valence-electron chi connectivity index (χ4n) is 3.85. The molecule has 9 heteroatoms. The number of piperidine rings is 2. The summed E-state index contributed by atoms with van der Waals surface area (Å²) in [5.41, 5.74) is -0.820. The van der Waals surface area contributed by atoms with Crippen LogP contribution in [-0.4, -0.2) is 55.0 Å². The van der Waals surface area contributed by atoms with Crippen LogP contribution < -0.4 is 4.74 Å². The van der Waals surface area contributed by atoms with E-state index in [9.17, 15) is 18.0 Å². The second-order valence-corrected chi connectivity index (χ2v) is 6.58. The summed E-state index contributed by atoms with van der Waals surface area (Å²) >= 11 is 0. The highest BCUT2D eigenvalue weighted by molar-refractivity contribution is 5.50. The molecule has 2 aliphatic heterocycles. The minimum Gasteiger partial charge on any atom is -0.472 e. The molecule has 2 bridgehead atoms. The Labute approximate surface area is 149 Å². The molecule has 3 fully saturated rings. The van der Waals surface area contributed by atoms with E-state index in [-0.39, 0.29) is 36.8 Å². The Kier molecular flexibility index (Phi) is 5.67. The third-order valence-corrected chi connectivity index (χ3v) is 5.05. The highest BCUT2D eigenvalue weighted by Crippen LogP contribution is 2.40. The molecule has 2 saturated heterocycles. The summed E-state index contributed by atoms with van der Waals surface area (Å²) in [4.78, 5) is 17.1. The molecule has 4 atom stereocenters. The van der Waals surface area contributed by atoms with Crippen LogP contribution in [-0.2, 0) is 20.4 Å². The number of halogens is 3. The summed E-state index contributed by atoms with van der Waals surface area (Å²) in [6.45, 7) is 0.551. The van der Waals surface area contributed by atoms with Gasteiger partial charge in [-0.05, 0) is 31.2 Å². The van der Waals surface area contributed by atoms with E-state index in [0.29, 0.717) is 13.0 Å². The van der Waals surface area contributed by atoms with Crippen molar-refractivity contribution in [1.29, 1.82) is 0 Å². The van der Waals surface area contributed by atoms with Crippen LogP contribution in [0.2, 0.25) is 0 Å². The van der Waals surface area contributed by atoms with E-state index in [2.05, 4.69) is 4.98 Å². The minimum absolute atomic E-state index is 0.0400. The van der Waals surface area contributed by atoms with Gasteiger partial charge in [0.2, 0.25) is 12.3 Å². The number of aromatic nitrogens is 1. The number of ether oxygens (including phenoxy) is 3. The number of hydrogen-bond acceptors (Lipinski definition) is 5. The van der Waals surface area contributed by atoms with E-state index in [1.54, 1.807) is 4.90 Å². The van der Waals surface area contributed by atoms with Crippen molar-refractivity contribution < 1.29 is 32.2 Å². The fourth-order valence-corrected chi connectivity index (χ4v) is 3.85. The maximum atomic E-state index is 12.6. The number of hydrogen-bond donors (Lipinski definition) is 0. The molecule has 1 aromatic heterocycles. The second-order valence-electron chi connectivity index (χ2n) is 6.58. The molecule has 0 aromatic carbocycles. The van der Waals surface area contributed by atoms with Crippen LogP contribution in [0.1, 0.15) is 24.8 Å². The predicted octanol–water partition coefficient (Wildman–Crippen LogP) is 2.48. The van der Waals surface area contributed by atoms with Gasteiger partial charge in [-0.15, -0.1) is 0 Å². The highest BCUT2D eigenvalue weighted by atomic mass is 19.4.